The summed E-state index contributed by atoms with van der Waals surface area (Å²) in [5.41, 5.74) is 4.91. The molecular formula is C24H32N2O2. The van der Waals surface area contributed by atoms with Crippen molar-refractivity contribution in [3.63, 3.8) is 0 Å². The van der Waals surface area contributed by atoms with Crippen LogP contribution in [0.5, 0.6) is 5.75 Å². The lowest BCUT2D eigenvalue weighted by molar-refractivity contribution is -0.123. The standard InChI is InChI=1S/C24H32N2O2/c1-18-7-10-21(11-8-18)23(26-13-5-4-6-14-26)16-25-24(27)17-28-22-12-9-19(2)20(3)15-22/h7-12,15,23H,4-6,13-14,16-17H2,1-3H3,(H,25,27)/t23-/m0/s1. The van der Waals surface area contributed by atoms with Crippen LogP contribution in [0.25, 0.3) is 0 Å². The SMILES string of the molecule is Cc1ccc([C@H](CNC(=O)COc2ccc(C)c(C)c2)N2CCCCC2)cc1. The number of carbonyl (C=O) groups excluding carboxylic acids is 1. The van der Waals surface area contributed by atoms with Gasteiger partial charge in [-0.05, 0) is 75.5 Å². The summed E-state index contributed by atoms with van der Waals surface area (Å²) in [4.78, 5) is 14.9. The van der Waals surface area contributed by atoms with E-state index in [1.54, 1.807) is 0 Å². The lowest BCUT2D eigenvalue weighted by atomic mass is 10.0. The Balaban J connectivity index is 1.58. The van der Waals surface area contributed by atoms with Gasteiger partial charge in [0.05, 0.1) is 6.04 Å². The van der Waals surface area contributed by atoms with Crippen molar-refractivity contribution >= 4 is 5.91 Å². The molecule has 0 spiro atoms. The van der Waals surface area contributed by atoms with Crippen molar-refractivity contribution in [2.24, 2.45) is 0 Å². The highest BCUT2D eigenvalue weighted by atomic mass is 16.5. The second-order valence-corrected chi connectivity index (χ2v) is 7.86. The van der Waals surface area contributed by atoms with E-state index in [0.717, 1.165) is 18.8 Å². The fraction of sp³-hybridized carbons (Fsp3) is 0.458. The number of amides is 1. The van der Waals surface area contributed by atoms with Crippen LogP contribution in [0.1, 0.15) is 47.6 Å². The number of likely N-dealkylation sites (tertiary alicyclic amines) is 1. The second-order valence-electron chi connectivity index (χ2n) is 7.86. The van der Waals surface area contributed by atoms with Crippen LogP contribution in [0, 0.1) is 20.8 Å². The summed E-state index contributed by atoms with van der Waals surface area (Å²) in [6.45, 7) is 9.05. The molecule has 2 aromatic carbocycles. The fourth-order valence-corrected chi connectivity index (χ4v) is 3.69. The highest BCUT2D eigenvalue weighted by molar-refractivity contribution is 5.77. The summed E-state index contributed by atoms with van der Waals surface area (Å²) >= 11 is 0. The number of ether oxygens (including phenoxy) is 1. The Morgan fingerprint density at radius 1 is 1.00 bits per heavy atom. The summed E-state index contributed by atoms with van der Waals surface area (Å²) in [6, 6.07) is 14.8. The molecule has 3 rings (SSSR count). The molecule has 0 aromatic heterocycles. The second kappa shape index (κ2) is 9.74. The van der Waals surface area contributed by atoms with Crippen molar-refractivity contribution in [3.05, 3.63) is 64.7 Å². The average molecular weight is 381 g/mol. The number of hydrogen-bond acceptors (Lipinski definition) is 3. The maximum Gasteiger partial charge on any atom is 0.258 e. The van der Waals surface area contributed by atoms with E-state index in [4.69, 9.17) is 4.74 Å². The van der Waals surface area contributed by atoms with Crippen molar-refractivity contribution in [1.29, 1.82) is 0 Å². The van der Waals surface area contributed by atoms with Gasteiger partial charge in [-0.1, -0.05) is 42.3 Å². The number of piperidine rings is 1. The molecule has 150 valence electrons. The minimum atomic E-state index is -0.0765. The van der Waals surface area contributed by atoms with Gasteiger partial charge in [0.1, 0.15) is 5.75 Å². The number of carbonyl (C=O) groups is 1. The Kier molecular flexibility index (Phi) is 7.10. The third-order valence-corrected chi connectivity index (χ3v) is 5.63. The maximum absolute atomic E-state index is 12.4. The van der Waals surface area contributed by atoms with Crippen LogP contribution in [0.15, 0.2) is 42.5 Å². The summed E-state index contributed by atoms with van der Waals surface area (Å²) in [7, 11) is 0. The van der Waals surface area contributed by atoms with Gasteiger partial charge in [0.2, 0.25) is 0 Å². The third-order valence-electron chi connectivity index (χ3n) is 5.63. The topological polar surface area (TPSA) is 41.6 Å². The Hall–Kier alpha value is -2.33. The van der Waals surface area contributed by atoms with Crippen molar-refractivity contribution in [3.8, 4) is 5.75 Å². The molecule has 1 N–H and O–H groups in total. The van der Waals surface area contributed by atoms with Gasteiger partial charge in [-0.15, -0.1) is 0 Å². The zero-order valence-electron chi connectivity index (χ0n) is 17.3. The molecule has 0 saturated carbocycles. The summed E-state index contributed by atoms with van der Waals surface area (Å²) in [6.07, 6.45) is 3.76. The predicted octanol–water partition coefficient (Wildman–Crippen LogP) is 4.33. The minimum Gasteiger partial charge on any atom is -0.484 e. The van der Waals surface area contributed by atoms with Gasteiger partial charge in [0.15, 0.2) is 6.61 Å². The van der Waals surface area contributed by atoms with E-state index in [9.17, 15) is 4.79 Å². The number of benzene rings is 2. The van der Waals surface area contributed by atoms with E-state index in [1.807, 2.05) is 25.1 Å². The van der Waals surface area contributed by atoms with Gasteiger partial charge in [0.25, 0.3) is 5.91 Å². The first-order chi connectivity index (χ1) is 13.5. The molecular weight excluding hydrogens is 348 g/mol. The van der Waals surface area contributed by atoms with Gasteiger partial charge in [-0.3, -0.25) is 9.69 Å². The van der Waals surface area contributed by atoms with E-state index in [0.29, 0.717) is 6.54 Å². The summed E-state index contributed by atoms with van der Waals surface area (Å²) < 4.78 is 5.68. The quantitative estimate of drug-likeness (QED) is 0.777. The van der Waals surface area contributed by atoms with E-state index in [1.165, 1.54) is 41.5 Å². The summed E-state index contributed by atoms with van der Waals surface area (Å²) in [5, 5.41) is 3.08. The monoisotopic (exact) mass is 380 g/mol. The summed E-state index contributed by atoms with van der Waals surface area (Å²) in [5.74, 6) is 0.664. The molecule has 0 aliphatic carbocycles. The predicted molar refractivity (Wildman–Crippen MR) is 114 cm³/mol. The van der Waals surface area contributed by atoms with Crippen molar-refractivity contribution < 1.29 is 9.53 Å². The number of nitrogens with one attached hydrogen (secondary N) is 1. The first-order valence-corrected chi connectivity index (χ1v) is 10.3. The molecule has 1 atom stereocenters. The van der Waals surface area contributed by atoms with Crippen molar-refractivity contribution in [2.45, 2.75) is 46.1 Å². The van der Waals surface area contributed by atoms with Gasteiger partial charge in [-0.25, -0.2) is 0 Å². The lowest BCUT2D eigenvalue weighted by Crippen LogP contribution is -2.41. The van der Waals surface area contributed by atoms with Crippen LogP contribution in [0.4, 0.5) is 0 Å². The fourth-order valence-electron chi connectivity index (χ4n) is 3.69. The number of nitrogens with zero attached hydrogens (tertiary/aromatic N) is 1. The molecule has 1 aliphatic rings. The molecule has 0 bridgehead atoms. The molecule has 28 heavy (non-hydrogen) atoms. The van der Waals surface area contributed by atoms with Crippen molar-refractivity contribution in [2.75, 3.05) is 26.2 Å². The molecule has 1 heterocycles. The van der Waals surface area contributed by atoms with Crippen LogP contribution < -0.4 is 10.1 Å². The van der Waals surface area contributed by atoms with Gasteiger partial charge in [0, 0.05) is 6.54 Å². The molecule has 0 unspecified atom stereocenters. The molecule has 1 amide bonds. The van der Waals surface area contributed by atoms with Gasteiger partial charge < -0.3 is 10.1 Å². The van der Waals surface area contributed by atoms with Crippen LogP contribution >= 0.6 is 0 Å². The number of aryl methyl sites for hydroxylation is 3. The van der Waals surface area contributed by atoms with Crippen LogP contribution in [0.3, 0.4) is 0 Å². The maximum atomic E-state index is 12.4. The molecule has 2 aromatic rings. The lowest BCUT2D eigenvalue weighted by Gasteiger charge is -2.35. The molecule has 0 radical (unpaired) electrons. The zero-order chi connectivity index (χ0) is 19.9. The Labute approximate surface area is 168 Å². The van der Waals surface area contributed by atoms with Gasteiger partial charge >= 0.3 is 0 Å². The highest BCUT2D eigenvalue weighted by Gasteiger charge is 2.22. The highest BCUT2D eigenvalue weighted by Crippen LogP contribution is 2.24. The Morgan fingerprint density at radius 2 is 1.71 bits per heavy atom. The Bertz CT molecular complexity index is 780. The molecule has 4 heteroatoms. The number of hydrogen-bond donors (Lipinski definition) is 1. The third kappa shape index (κ3) is 5.59. The first kappa shape index (κ1) is 20.4. The van der Waals surface area contributed by atoms with Crippen LogP contribution in [-0.2, 0) is 4.79 Å². The largest absolute Gasteiger partial charge is 0.484 e. The van der Waals surface area contributed by atoms with E-state index >= 15 is 0 Å². The van der Waals surface area contributed by atoms with Crippen molar-refractivity contribution in [1.82, 2.24) is 10.2 Å². The normalized spacial score (nSPS) is 15.8. The van der Waals surface area contributed by atoms with Gasteiger partial charge in [-0.2, -0.15) is 0 Å². The molecule has 1 aliphatic heterocycles. The minimum absolute atomic E-state index is 0.0448. The van der Waals surface area contributed by atoms with E-state index in [-0.39, 0.29) is 18.6 Å². The smallest absolute Gasteiger partial charge is 0.258 e. The zero-order valence-corrected chi connectivity index (χ0v) is 17.3. The van der Waals surface area contributed by atoms with Crippen LogP contribution in [-0.4, -0.2) is 37.0 Å². The molecule has 4 nitrogen and oxygen atoms in total. The first-order valence-electron chi connectivity index (χ1n) is 10.3. The Morgan fingerprint density at radius 3 is 2.39 bits per heavy atom. The van der Waals surface area contributed by atoms with Crippen LogP contribution in [0.2, 0.25) is 0 Å². The molecule has 1 saturated heterocycles. The van der Waals surface area contributed by atoms with E-state index in [2.05, 4.69) is 48.3 Å². The molecule has 1 fully saturated rings. The number of rotatable bonds is 7. The average Bonchev–Trinajstić information content (AvgIpc) is 2.71. The van der Waals surface area contributed by atoms with E-state index < -0.39 is 0 Å².